The van der Waals surface area contributed by atoms with Crippen molar-refractivity contribution in [1.82, 2.24) is 4.98 Å². The summed E-state index contributed by atoms with van der Waals surface area (Å²) in [5.74, 6) is -0.0576. The highest BCUT2D eigenvalue weighted by molar-refractivity contribution is 7.18. The van der Waals surface area contributed by atoms with Crippen molar-refractivity contribution in [3.8, 4) is 0 Å². The second-order valence-electron chi connectivity index (χ2n) is 5.59. The zero-order valence-electron chi connectivity index (χ0n) is 12.0. The topological polar surface area (TPSA) is 68.0 Å². The molecule has 3 N–H and O–H groups in total. The molecule has 0 aliphatic heterocycles. The van der Waals surface area contributed by atoms with E-state index in [1.165, 1.54) is 6.42 Å². The fraction of sp³-hybridized carbons (Fsp3) is 0.467. The van der Waals surface area contributed by atoms with Gasteiger partial charge in [-0.2, -0.15) is 0 Å². The van der Waals surface area contributed by atoms with E-state index in [0.717, 1.165) is 46.6 Å². The van der Waals surface area contributed by atoms with Gasteiger partial charge < -0.3 is 11.1 Å². The molecule has 0 saturated heterocycles. The molecule has 1 fully saturated rings. The molecule has 0 unspecified atom stereocenters. The van der Waals surface area contributed by atoms with Gasteiger partial charge in [0, 0.05) is 5.69 Å². The minimum atomic E-state index is -0.698. The minimum absolute atomic E-state index is 0. The lowest BCUT2D eigenvalue weighted by Crippen LogP contribution is -2.52. The summed E-state index contributed by atoms with van der Waals surface area (Å²) in [6, 6.07) is 5.81. The third-order valence-electron chi connectivity index (χ3n) is 3.95. The number of benzene rings is 1. The number of aryl methyl sites for hydroxylation is 1. The Labute approximate surface area is 134 Å². The van der Waals surface area contributed by atoms with E-state index in [9.17, 15) is 4.79 Å². The van der Waals surface area contributed by atoms with Crippen LogP contribution in [0.2, 0.25) is 0 Å². The molecule has 0 bridgehead atoms. The number of carbonyl (C=O) groups is 1. The van der Waals surface area contributed by atoms with E-state index in [0.29, 0.717) is 0 Å². The van der Waals surface area contributed by atoms with Gasteiger partial charge in [0.15, 0.2) is 0 Å². The molecule has 0 spiro atoms. The van der Waals surface area contributed by atoms with Crippen molar-refractivity contribution in [2.45, 2.75) is 44.6 Å². The van der Waals surface area contributed by atoms with Gasteiger partial charge in [0.05, 0.1) is 20.8 Å². The van der Waals surface area contributed by atoms with E-state index in [1.54, 1.807) is 11.3 Å². The standard InChI is InChI=1S/C15H19N3OS.ClH/c1-10-17-12-6-5-11(9-13(12)20-10)18-14(19)15(16)7-3-2-4-8-15;/h5-6,9H,2-4,7-8,16H2,1H3,(H,18,19);1H. The number of rotatable bonds is 2. The lowest BCUT2D eigenvalue weighted by atomic mass is 9.82. The lowest BCUT2D eigenvalue weighted by Gasteiger charge is -2.31. The molecule has 1 amide bonds. The van der Waals surface area contributed by atoms with Crippen LogP contribution in [-0.2, 0) is 4.79 Å². The highest BCUT2D eigenvalue weighted by Gasteiger charge is 2.35. The molecule has 0 atom stereocenters. The minimum Gasteiger partial charge on any atom is -0.324 e. The van der Waals surface area contributed by atoms with Gasteiger partial charge in [-0.1, -0.05) is 19.3 Å². The number of thiazole rings is 1. The third-order valence-corrected chi connectivity index (χ3v) is 4.88. The van der Waals surface area contributed by atoms with Gasteiger partial charge in [0.1, 0.15) is 0 Å². The summed E-state index contributed by atoms with van der Waals surface area (Å²) in [6.45, 7) is 1.99. The van der Waals surface area contributed by atoms with Crippen molar-refractivity contribution in [1.29, 1.82) is 0 Å². The second kappa shape index (κ2) is 6.30. The Morgan fingerprint density at radius 2 is 2.05 bits per heavy atom. The van der Waals surface area contributed by atoms with Gasteiger partial charge in [-0.3, -0.25) is 4.79 Å². The fourth-order valence-corrected chi connectivity index (χ4v) is 3.65. The predicted octanol–water partition coefficient (Wildman–Crippen LogP) is 3.63. The molecule has 1 heterocycles. The van der Waals surface area contributed by atoms with Crippen LogP contribution in [0.4, 0.5) is 5.69 Å². The monoisotopic (exact) mass is 325 g/mol. The molecule has 114 valence electrons. The molecule has 1 aliphatic rings. The lowest BCUT2D eigenvalue weighted by molar-refractivity contribution is -0.122. The Balaban J connectivity index is 0.00000161. The largest absolute Gasteiger partial charge is 0.324 e. The van der Waals surface area contributed by atoms with Gasteiger partial charge in [-0.05, 0) is 38.0 Å². The predicted molar refractivity (Wildman–Crippen MR) is 90.2 cm³/mol. The number of aromatic nitrogens is 1. The van der Waals surface area contributed by atoms with Gasteiger partial charge in [0.2, 0.25) is 5.91 Å². The van der Waals surface area contributed by atoms with Crippen molar-refractivity contribution in [3.05, 3.63) is 23.2 Å². The van der Waals surface area contributed by atoms with E-state index in [-0.39, 0.29) is 18.3 Å². The molecular formula is C15H20ClN3OS. The van der Waals surface area contributed by atoms with E-state index < -0.39 is 5.54 Å². The highest BCUT2D eigenvalue weighted by Crippen LogP contribution is 2.29. The number of nitrogens with two attached hydrogens (primary N) is 1. The van der Waals surface area contributed by atoms with Crippen LogP contribution in [0.3, 0.4) is 0 Å². The number of carbonyl (C=O) groups excluding carboxylic acids is 1. The molecule has 1 saturated carbocycles. The van der Waals surface area contributed by atoms with Crippen LogP contribution >= 0.6 is 23.7 Å². The summed E-state index contributed by atoms with van der Waals surface area (Å²) in [4.78, 5) is 16.8. The first-order chi connectivity index (χ1) is 9.57. The van der Waals surface area contributed by atoms with Crippen molar-refractivity contribution < 1.29 is 4.79 Å². The molecule has 21 heavy (non-hydrogen) atoms. The third kappa shape index (κ3) is 3.36. The van der Waals surface area contributed by atoms with Crippen LogP contribution in [0, 0.1) is 6.92 Å². The molecule has 6 heteroatoms. The van der Waals surface area contributed by atoms with Crippen LogP contribution in [0.1, 0.15) is 37.1 Å². The van der Waals surface area contributed by atoms with Crippen LogP contribution in [0.25, 0.3) is 10.2 Å². The number of nitrogens with zero attached hydrogens (tertiary/aromatic N) is 1. The quantitative estimate of drug-likeness (QED) is 0.886. The fourth-order valence-electron chi connectivity index (χ4n) is 2.78. The number of hydrogen-bond donors (Lipinski definition) is 2. The maximum absolute atomic E-state index is 12.4. The zero-order chi connectivity index (χ0) is 14.2. The number of anilines is 1. The normalized spacial score (nSPS) is 17.2. The Kier molecular flexibility index (Phi) is 4.86. The summed E-state index contributed by atoms with van der Waals surface area (Å²) in [5, 5.41) is 4.00. The number of hydrogen-bond acceptors (Lipinski definition) is 4. The molecule has 1 aliphatic carbocycles. The van der Waals surface area contributed by atoms with Crippen molar-refractivity contribution in [2.24, 2.45) is 5.73 Å². The average Bonchev–Trinajstić information content (AvgIpc) is 2.79. The van der Waals surface area contributed by atoms with Gasteiger partial charge in [-0.15, -0.1) is 23.7 Å². The summed E-state index contributed by atoms with van der Waals surface area (Å²) in [7, 11) is 0. The highest BCUT2D eigenvalue weighted by atomic mass is 35.5. The first-order valence-corrected chi connectivity index (χ1v) is 7.86. The van der Waals surface area contributed by atoms with Crippen molar-refractivity contribution in [2.75, 3.05) is 5.32 Å². The van der Waals surface area contributed by atoms with Crippen LogP contribution in [0.5, 0.6) is 0 Å². The number of halogens is 1. The Bertz CT molecular complexity index is 649. The molecule has 3 rings (SSSR count). The molecule has 1 aromatic carbocycles. The summed E-state index contributed by atoms with van der Waals surface area (Å²) < 4.78 is 1.09. The second-order valence-corrected chi connectivity index (χ2v) is 6.82. The first kappa shape index (κ1) is 16.2. The van der Waals surface area contributed by atoms with Crippen molar-refractivity contribution in [3.63, 3.8) is 0 Å². The maximum atomic E-state index is 12.4. The van der Waals surface area contributed by atoms with E-state index in [1.807, 2.05) is 25.1 Å². The molecule has 0 radical (unpaired) electrons. The maximum Gasteiger partial charge on any atom is 0.244 e. The zero-order valence-corrected chi connectivity index (χ0v) is 13.6. The smallest absolute Gasteiger partial charge is 0.244 e. The van der Waals surface area contributed by atoms with E-state index in [4.69, 9.17) is 5.73 Å². The Morgan fingerprint density at radius 1 is 1.33 bits per heavy atom. The number of amides is 1. The van der Waals surface area contributed by atoms with E-state index in [2.05, 4.69) is 10.3 Å². The van der Waals surface area contributed by atoms with Crippen LogP contribution in [0.15, 0.2) is 18.2 Å². The first-order valence-electron chi connectivity index (χ1n) is 7.04. The van der Waals surface area contributed by atoms with Crippen molar-refractivity contribution >= 4 is 45.6 Å². The molecule has 2 aromatic rings. The molecule has 4 nitrogen and oxygen atoms in total. The summed E-state index contributed by atoms with van der Waals surface area (Å²) in [5.41, 5.74) is 7.33. The Morgan fingerprint density at radius 3 is 2.76 bits per heavy atom. The van der Waals surface area contributed by atoms with Crippen LogP contribution < -0.4 is 11.1 Å². The average molecular weight is 326 g/mol. The summed E-state index contributed by atoms with van der Waals surface area (Å²) in [6.07, 6.45) is 4.81. The van der Waals surface area contributed by atoms with Gasteiger partial charge in [0.25, 0.3) is 0 Å². The van der Waals surface area contributed by atoms with Gasteiger partial charge in [-0.25, -0.2) is 4.98 Å². The number of nitrogens with one attached hydrogen (secondary N) is 1. The van der Waals surface area contributed by atoms with Gasteiger partial charge >= 0.3 is 0 Å². The molecular weight excluding hydrogens is 306 g/mol. The summed E-state index contributed by atoms with van der Waals surface area (Å²) >= 11 is 1.63. The van der Waals surface area contributed by atoms with E-state index >= 15 is 0 Å². The Hall–Kier alpha value is -1.17. The number of fused-ring (bicyclic) bond motifs is 1. The SMILES string of the molecule is Cc1nc2ccc(NC(=O)C3(N)CCCCC3)cc2s1.Cl. The van der Waals surface area contributed by atoms with Crippen LogP contribution in [-0.4, -0.2) is 16.4 Å². The molecule has 1 aromatic heterocycles.